The molecule has 4 N–H and O–H groups in total. The second-order valence-electron chi connectivity index (χ2n) is 5.19. The number of phenolic OH excluding ortho intramolecular Hbond substituents is 1. The fourth-order valence-corrected chi connectivity index (χ4v) is 2.60. The maximum absolute atomic E-state index is 9.86. The molecule has 1 aliphatic rings. The van der Waals surface area contributed by atoms with Crippen molar-refractivity contribution in [1.82, 2.24) is 4.90 Å². The van der Waals surface area contributed by atoms with Crippen LogP contribution in [0, 0.1) is 0 Å². The van der Waals surface area contributed by atoms with Crippen LogP contribution in [-0.4, -0.2) is 40.3 Å². The van der Waals surface area contributed by atoms with Gasteiger partial charge in [0.05, 0.1) is 16.7 Å². The average molecular weight is 305 g/mol. The first-order chi connectivity index (χ1) is 8.93. The van der Waals surface area contributed by atoms with Gasteiger partial charge in [-0.15, -0.1) is 0 Å². The number of nitrogens with zero attached hydrogens (tertiary/aromatic N) is 1. The average Bonchev–Trinajstić information content (AvgIpc) is 2.39. The zero-order valence-corrected chi connectivity index (χ0v) is 12.1. The molecule has 106 valence electrons. The molecule has 0 bridgehead atoms. The molecule has 0 saturated carbocycles. The standard InChI is InChI=1S/C13H18Cl2N2O2/c14-10-5-9(12(19)6-11(10)15)7-17-3-1-13(16,8-18)2-4-17/h5-6,18-19H,1-4,7-8,16H2. The molecule has 4 nitrogen and oxygen atoms in total. The number of piperidine rings is 1. The van der Waals surface area contributed by atoms with E-state index in [2.05, 4.69) is 4.90 Å². The van der Waals surface area contributed by atoms with Gasteiger partial charge in [0.2, 0.25) is 0 Å². The van der Waals surface area contributed by atoms with Crippen LogP contribution in [0.5, 0.6) is 5.75 Å². The van der Waals surface area contributed by atoms with E-state index in [0.717, 1.165) is 31.5 Å². The lowest BCUT2D eigenvalue weighted by atomic mass is 9.89. The van der Waals surface area contributed by atoms with E-state index < -0.39 is 5.54 Å². The second-order valence-corrected chi connectivity index (χ2v) is 6.01. The molecule has 0 unspecified atom stereocenters. The molecule has 1 fully saturated rings. The maximum Gasteiger partial charge on any atom is 0.121 e. The quantitative estimate of drug-likeness (QED) is 0.799. The molecule has 1 aliphatic heterocycles. The van der Waals surface area contributed by atoms with E-state index in [0.29, 0.717) is 16.6 Å². The van der Waals surface area contributed by atoms with Crippen LogP contribution in [-0.2, 0) is 6.54 Å². The molecule has 1 aromatic rings. The lowest BCUT2D eigenvalue weighted by Crippen LogP contribution is -2.52. The molecule has 0 spiro atoms. The van der Waals surface area contributed by atoms with Gasteiger partial charge in [-0.05, 0) is 18.9 Å². The first-order valence-electron chi connectivity index (χ1n) is 6.22. The van der Waals surface area contributed by atoms with Crippen molar-refractivity contribution in [2.24, 2.45) is 5.73 Å². The largest absolute Gasteiger partial charge is 0.508 e. The molecule has 0 aliphatic carbocycles. The van der Waals surface area contributed by atoms with Gasteiger partial charge in [-0.25, -0.2) is 0 Å². The van der Waals surface area contributed by atoms with E-state index >= 15 is 0 Å². The SMILES string of the molecule is NC1(CO)CCN(Cc2cc(Cl)c(Cl)cc2O)CC1. The van der Waals surface area contributed by atoms with E-state index in [9.17, 15) is 10.2 Å². The summed E-state index contributed by atoms with van der Waals surface area (Å²) in [4.78, 5) is 2.18. The summed E-state index contributed by atoms with van der Waals surface area (Å²) in [7, 11) is 0. The van der Waals surface area contributed by atoms with Gasteiger partial charge in [0.25, 0.3) is 0 Å². The van der Waals surface area contributed by atoms with Crippen molar-refractivity contribution in [1.29, 1.82) is 0 Å². The van der Waals surface area contributed by atoms with Crippen molar-refractivity contribution in [2.45, 2.75) is 24.9 Å². The smallest absolute Gasteiger partial charge is 0.121 e. The van der Waals surface area contributed by atoms with Gasteiger partial charge in [0.15, 0.2) is 0 Å². The summed E-state index contributed by atoms with van der Waals surface area (Å²) < 4.78 is 0. The highest BCUT2D eigenvalue weighted by molar-refractivity contribution is 6.42. The third kappa shape index (κ3) is 3.52. The van der Waals surface area contributed by atoms with E-state index in [-0.39, 0.29) is 12.4 Å². The zero-order chi connectivity index (χ0) is 14.0. The predicted molar refractivity (Wildman–Crippen MR) is 76.6 cm³/mol. The highest BCUT2D eigenvalue weighted by Gasteiger charge is 2.30. The fraction of sp³-hybridized carbons (Fsp3) is 0.538. The van der Waals surface area contributed by atoms with E-state index in [1.807, 2.05) is 0 Å². The Morgan fingerprint density at radius 3 is 2.37 bits per heavy atom. The summed E-state index contributed by atoms with van der Waals surface area (Å²) in [5.41, 5.74) is 6.31. The number of halogens is 2. The minimum absolute atomic E-state index is 0.0128. The number of likely N-dealkylation sites (tertiary alicyclic amines) is 1. The summed E-state index contributed by atoms with van der Waals surface area (Å²) >= 11 is 11.8. The Balaban J connectivity index is 2.02. The maximum atomic E-state index is 9.86. The number of nitrogens with two attached hydrogens (primary N) is 1. The summed E-state index contributed by atoms with van der Waals surface area (Å²) in [6.45, 7) is 2.19. The lowest BCUT2D eigenvalue weighted by Gasteiger charge is -2.38. The minimum atomic E-state index is -0.462. The van der Waals surface area contributed by atoms with Crippen LogP contribution in [0.3, 0.4) is 0 Å². The molecule has 0 aromatic heterocycles. The highest BCUT2D eigenvalue weighted by Crippen LogP contribution is 2.31. The molecule has 0 amide bonds. The Kier molecular flexibility index (Phi) is 4.58. The van der Waals surface area contributed by atoms with Crippen molar-refractivity contribution in [2.75, 3.05) is 19.7 Å². The molecule has 6 heteroatoms. The normalized spacial score (nSPS) is 19.6. The molecule has 2 rings (SSSR count). The van der Waals surface area contributed by atoms with Gasteiger partial charge < -0.3 is 15.9 Å². The predicted octanol–water partition coefficient (Wildman–Crippen LogP) is 1.98. The van der Waals surface area contributed by atoms with Crippen molar-refractivity contribution in [3.05, 3.63) is 27.7 Å². The Hall–Kier alpha value is -0.520. The van der Waals surface area contributed by atoms with Crippen LogP contribution in [0.15, 0.2) is 12.1 Å². The van der Waals surface area contributed by atoms with Gasteiger partial charge in [-0.1, -0.05) is 23.2 Å². The van der Waals surface area contributed by atoms with E-state index in [1.54, 1.807) is 6.07 Å². The first-order valence-corrected chi connectivity index (χ1v) is 6.98. The van der Waals surface area contributed by atoms with Crippen LogP contribution >= 0.6 is 23.2 Å². The minimum Gasteiger partial charge on any atom is -0.508 e. The number of phenols is 1. The highest BCUT2D eigenvalue weighted by atomic mass is 35.5. The summed E-state index contributed by atoms with van der Waals surface area (Å²) in [5.74, 6) is 0.154. The van der Waals surface area contributed by atoms with E-state index in [4.69, 9.17) is 28.9 Å². The third-order valence-electron chi connectivity index (χ3n) is 3.68. The molecule has 1 saturated heterocycles. The number of hydrogen-bond acceptors (Lipinski definition) is 4. The summed E-state index contributed by atoms with van der Waals surface area (Å²) in [6, 6.07) is 3.15. The number of rotatable bonds is 3. The molecule has 19 heavy (non-hydrogen) atoms. The third-order valence-corrected chi connectivity index (χ3v) is 4.40. The number of hydrogen-bond donors (Lipinski definition) is 3. The zero-order valence-electron chi connectivity index (χ0n) is 10.6. The number of aliphatic hydroxyl groups excluding tert-OH is 1. The Labute approximate surface area is 122 Å². The summed E-state index contributed by atoms with van der Waals surface area (Å²) in [5, 5.41) is 19.9. The van der Waals surface area contributed by atoms with Crippen molar-refractivity contribution in [3.63, 3.8) is 0 Å². The topological polar surface area (TPSA) is 69.7 Å². The number of benzene rings is 1. The van der Waals surface area contributed by atoms with Crippen LogP contribution in [0.25, 0.3) is 0 Å². The van der Waals surface area contributed by atoms with Gasteiger partial charge in [-0.3, -0.25) is 4.90 Å². The molecule has 0 radical (unpaired) electrons. The summed E-state index contributed by atoms with van der Waals surface area (Å²) in [6.07, 6.45) is 1.48. The molecule has 1 heterocycles. The van der Waals surface area contributed by atoms with Gasteiger partial charge in [0, 0.05) is 36.8 Å². The number of aromatic hydroxyl groups is 1. The Morgan fingerprint density at radius 1 is 1.21 bits per heavy atom. The fourth-order valence-electron chi connectivity index (χ4n) is 2.26. The van der Waals surface area contributed by atoms with Crippen LogP contribution in [0.4, 0.5) is 0 Å². The second kappa shape index (κ2) is 5.85. The van der Waals surface area contributed by atoms with Crippen molar-refractivity contribution in [3.8, 4) is 5.75 Å². The Morgan fingerprint density at radius 2 is 1.79 bits per heavy atom. The van der Waals surface area contributed by atoms with Gasteiger partial charge >= 0.3 is 0 Å². The van der Waals surface area contributed by atoms with E-state index in [1.165, 1.54) is 6.07 Å². The van der Waals surface area contributed by atoms with Gasteiger partial charge in [-0.2, -0.15) is 0 Å². The van der Waals surface area contributed by atoms with Gasteiger partial charge in [0.1, 0.15) is 5.75 Å². The number of aliphatic hydroxyl groups is 1. The molecular formula is C13H18Cl2N2O2. The Bertz CT molecular complexity index is 460. The monoisotopic (exact) mass is 304 g/mol. The van der Waals surface area contributed by atoms with Crippen molar-refractivity contribution >= 4 is 23.2 Å². The first kappa shape index (κ1) is 14.9. The van der Waals surface area contributed by atoms with Crippen molar-refractivity contribution < 1.29 is 10.2 Å². The van der Waals surface area contributed by atoms with Crippen LogP contribution < -0.4 is 5.73 Å². The van der Waals surface area contributed by atoms with Crippen LogP contribution in [0.1, 0.15) is 18.4 Å². The molecule has 0 atom stereocenters. The molecule has 1 aromatic carbocycles. The lowest BCUT2D eigenvalue weighted by molar-refractivity contribution is 0.102. The molecular weight excluding hydrogens is 287 g/mol. The van der Waals surface area contributed by atoms with Crippen LogP contribution in [0.2, 0.25) is 10.0 Å².